The molecule has 0 radical (unpaired) electrons. The van der Waals surface area contributed by atoms with Crippen LogP contribution in [-0.4, -0.2) is 19.0 Å². The Morgan fingerprint density at radius 2 is 1.45 bits per heavy atom. The van der Waals surface area contributed by atoms with Gasteiger partial charge in [0.25, 0.3) is 0 Å². The zero-order valence-electron chi connectivity index (χ0n) is 12.7. The molecule has 0 saturated carbocycles. The predicted octanol–water partition coefficient (Wildman–Crippen LogP) is 3.06. The van der Waals surface area contributed by atoms with Gasteiger partial charge in [-0.15, -0.1) is 0 Å². The molecule has 0 saturated heterocycles. The fourth-order valence-corrected chi connectivity index (χ4v) is 2.54. The van der Waals surface area contributed by atoms with Crippen LogP contribution in [0.15, 0.2) is 30.3 Å². The van der Waals surface area contributed by atoms with Gasteiger partial charge in [0.15, 0.2) is 5.41 Å². The van der Waals surface area contributed by atoms with Crippen LogP contribution in [-0.2, 0) is 14.3 Å². The number of para-hydroxylation sites is 1. The minimum Gasteiger partial charge on any atom is -0.468 e. The van der Waals surface area contributed by atoms with Crippen molar-refractivity contribution < 1.29 is 19.1 Å². The molecule has 1 aromatic carbocycles. The Hall–Kier alpha value is -1.84. The number of esters is 2. The molecule has 0 heterocycles. The van der Waals surface area contributed by atoms with Crippen LogP contribution in [0.3, 0.4) is 0 Å². The first-order chi connectivity index (χ1) is 9.37. The van der Waals surface area contributed by atoms with Crippen molar-refractivity contribution in [2.45, 2.75) is 27.7 Å². The third-order valence-corrected chi connectivity index (χ3v) is 3.64. The molecule has 20 heavy (non-hydrogen) atoms. The minimum atomic E-state index is -1.30. The summed E-state index contributed by atoms with van der Waals surface area (Å²) in [5.74, 6) is -1.16. The highest BCUT2D eigenvalue weighted by Crippen LogP contribution is 2.39. The molecule has 0 amide bonds. The van der Waals surface area contributed by atoms with Gasteiger partial charge in [-0.05, 0) is 24.0 Å². The maximum atomic E-state index is 12.6. The van der Waals surface area contributed by atoms with Crippen LogP contribution in [0.2, 0.25) is 0 Å². The molecule has 0 spiro atoms. The van der Waals surface area contributed by atoms with Gasteiger partial charge in [0, 0.05) is 0 Å². The van der Waals surface area contributed by atoms with E-state index >= 15 is 0 Å². The molecule has 0 aliphatic carbocycles. The van der Waals surface area contributed by atoms with Crippen molar-refractivity contribution in [2.75, 3.05) is 7.11 Å². The molecule has 0 bridgehead atoms. The lowest BCUT2D eigenvalue weighted by atomic mass is 9.69. The van der Waals surface area contributed by atoms with E-state index in [0.717, 1.165) is 0 Å². The van der Waals surface area contributed by atoms with E-state index in [1.54, 1.807) is 24.3 Å². The van der Waals surface area contributed by atoms with Gasteiger partial charge in [-0.2, -0.15) is 0 Å². The zero-order chi connectivity index (χ0) is 15.3. The van der Waals surface area contributed by atoms with E-state index in [1.807, 2.05) is 33.8 Å². The van der Waals surface area contributed by atoms with Gasteiger partial charge in [0.1, 0.15) is 5.75 Å². The van der Waals surface area contributed by atoms with Gasteiger partial charge in [0.05, 0.1) is 7.11 Å². The Labute approximate surface area is 120 Å². The topological polar surface area (TPSA) is 52.6 Å². The van der Waals surface area contributed by atoms with Crippen LogP contribution in [0.4, 0.5) is 0 Å². The second kappa shape index (κ2) is 6.55. The van der Waals surface area contributed by atoms with Gasteiger partial charge in [0.2, 0.25) is 0 Å². The number of methoxy groups -OCH3 is 1. The lowest BCUT2D eigenvalue weighted by Gasteiger charge is -2.35. The van der Waals surface area contributed by atoms with Crippen LogP contribution < -0.4 is 4.74 Å². The van der Waals surface area contributed by atoms with Crippen molar-refractivity contribution in [3.05, 3.63) is 30.3 Å². The number of hydrogen-bond acceptors (Lipinski definition) is 4. The third-order valence-electron chi connectivity index (χ3n) is 3.64. The summed E-state index contributed by atoms with van der Waals surface area (Å²) >= 11 is 0. The summed E-state index contributed by atoms with van der Waals surface area (Å²) in [6, 6.07) is 8.73. The summed E-state index contributed by atoms with van der Waals surface area (Å²) in [7, 11) is 1.29. The Balaban J connectivity index is 3.17. The summed E-state index contributed by atoms with van der Waals surface area (Å²) in [6.45, 7) is 7.29. The average Bonchev–Trinajstić information content (AvgIpc) is 2.39. The molecule has 0 fully saturated rings. The molecular weight excluding hydrogens is 256 g/mol. The summed E-state index contributed by atoms with van der Waals surface area (Å²) in [4.78, 5) is 24.8. The maximum Gasteiger partial charge on any atom is 0.329 e. The molecule has 0 unspecified atom stereocenters. The summed E-state index contributed by atoms with van der Waals surface area (Å²) in [5.41, 5.74) is -1.30. The first kappa shape index (κ1) is 16.2. The van der Waals surface area contributed by atoms with E-state index in [0.29, 0.717) is 5.75 Å². The summed E-state index contributed by atoms with van der Waals surface area (Å²) in [5, 5.41) is 0. The van der Waals surface area contributed by atoms with Crippen LogP contribution in [0.1, 0.15) is 27.7 Å². The molecule has 0 atom stereocenters. The molecular formula is C16H22O4. The monoisotopic (exact) mass is 278 g/mol. The van der Waals surface area contributed by atoms with Gasteiger partial charge in [-0.25, -0.2) is 0 Å². The Bertz CT molecular complexity index is 455. The standard InChI is InChI=1S/C16H22O4/c1-11(2)16(12(3)4,14(17)19-5)15(18)20-13-9-7-6-8-10-13/h6-12H,1-5H3. The normalized spacial score (nSPS) is 11.6. The zero-order valence-corrected chi connectivity index (χ0v) is 12.7. The van der Waals surface area contributed by atoms with Gasteiger partial charge in [-0.3, -0.25) is 9.59 Å². The molecule has 0 aliphatic heterocycles. The highest BCUT2D eigenvalue weighted by molar-refractivity contribution is 6.01. The third kappa shape index (κ3) is 2.84. The van der Waals surface area contributed by atoms with E-state index < -0.39 is 17.4 Å². The number of rotatable bonds is 5. The number of benzene rings is 1. The highest BCUT2D eigenvalue weighted by Gasteiger charge is 2.54. The van der Waals surface area contributed by atoms with Crippen LogP contribution >= 0.6 is 0 Å². The van der Waals surface area contributed by atoms with Crippen molar-refractivity contribution in [1.29, 1.82) is 0 Å². The number of ether oxygens (including phenoxy) is 2. The van der Waals surface area contributed by atoms with Crippen molar-refractivity contribution in [2.24, 2.45) is 17.3 Å². The van der Waals surface area contributed by atoms with E-state index in [1.165, 1.54) is 7.11 Å². The molecule has 0 N–H and O–H groups in total. The van der Waals surface area contributed by atoms with Crippen LogP contribution in [0.25, 0.3) is 0 Å². The quantitative estimate of drug-likeness (QED) is 0.472. The SMILES string of the molecule is COC(=O)C(C(=O)Oc1ccccc1)(C(C)C)C(C)C. The van der Waals surface area contributed by atoms with Crippen LogP contribution in [0.5, 0.6) is 5.75 Å². The molecule has 110 valence electrons. The van der Waals surface area contributed by atoms with Crippen LogP contribution in [0, 0.1) is 17.3 Å². The molecule has 0 aliphatic rings. The van der Waals surface area contributed by atoms with E-state index in [4.69, 9.17) is 9.47 Å². The minimum absolute atomic E-state index is 0.230. The second-order valence-corrected chi connectivity index (χ2v) is 5.37. The second-order valence-electron chi connectivity index (χ2n) is 5.37. The number of hydrogen-bond donors (Lipinski definition) is 0. The smallest absolute Gasteiger partial charge is 0.329 e. The molecule has 4 heteroatoms. The van der Waals surface area contributed by atoms with Gasteiger partial charge >= 0.3 is 11.9 Å². The van der Waals surface area contributed by atoms with Crippen molar-refractivity contribution >= 4 is 11.9 Å². The van der Waals surface area contributed by atoms with E-state index in [-0.39, 0.29) is 11.8 Å². The van der Waals surface area contributed by atoms with Crippen molar-refractivity contribution in [3.63, 3.8) is 0 Å². The fourth-order valence-electron chi connectivity index (χ4n) is 2.54. The summed E-state index contributed by atoms with van der Waals surface area (Å²) < 4.78 is 10.2. The Kier molecular flexibility index (Phi) is 5.31. The molecule has 0 aromatic heterocycles. The molecule has 1 rings (SSSR count). The first-order valence-corrected chi connectivity index (χ1v) is 6.73. The average molecular weight is 278 g/mol. The molecule has 4 nitrogen and oxygen atoms in total. The van der Waals surface area contributed by atoms with Gasteiger partial charge < -0.3 is 9.47 Å². The largest absolute Gasteiger partial charge is 0.468 e. The predicted molar refractivity (Wildman–Crippen MR) is 76.2 cm³/mol. The van der Waals surface area contributed by atoms with E-state index in [9.17, 15) is 9.59 Å². The number of carbonyl (C=O) groups excluding carboxylic acids is 2. The van der Waals surface area contributed by atoms with Gasteiger partial charge in [-0.1, -0.05) is 45.9 Å². The Morgan fingerprint density at radius 1 is 0.950 bits per heavy atom. The van der Waals surface area contributed by atoms with Crippen molar-refractivity contribution in [3.8, 4) is 5.75 Å². The van der Waals surface area contributed by atoms with E-state index in [2.05, 4.69) is 0 Å². The lowest BCUT2D eigenvalue weighted by Crippen LogP contribution is -2.50. The summed E-state index contributed by atoms with van der Waals surface area (Å²) in [6.07, 6.45) is 0. The fraction of sp³-hybridized carbons (Fsp3) is 0.500. The first-order valence-electron chi connectivity index (χ1n) is 6.73. The number of carbonyl (C=O) groups is 2. The maximum absolute atomic E-state index is 12.6. The Morgan fingerprint density at radius 3 is 1.85 bits per heavy atom. The lowest BCUT2D eigenvalue weighted by molar-refractivity contribution is -0.173. The molecule has 1 aromatic rings. The highest BCUT2D eigenvalue weighted by atomic mass is 16.6. The van der Waals surface area contributed by atoms with Crippen molar-refractivity contribution in [1.82, 2.24) is 0 Å².